The van der Waals surface area contributed by atoms with Gasteiger partial charge < -0.3 is 28.4 Å². The Morgan fingerprint density at radius 3 is 1.88 bits per heavy atom. The highest BCUT2D eigenvalue weighted by atomic mass is 32.1. The van der Waals surface area contributed by atoms with E-state index in [4.69, 9.17) is 28.4 Å². The van der Waals surface area contributed by atoms with E-state index in [0.29, 0.717) is 11.3 Å². The zero-order chi connectivity index (χ0) is 32.0. The summed E-state index contributed by atoms with van der Waals surface area (Å²) in [6, 6.07) is 10.00. The minimum atomic E-state index is -1.72. The van der Waals surface area contributed by atoms with Crippen molar-refractivity contribution in [1.29, 1.82) is 10.5 Å². The molecule has 15 heteroatoms. The van der Waals surface area contributed by atoms with E-state index in [0.717, 1.165) is 32.3 Å². The molecule has 1 fully saturated rings. The van der Waals surface area contributed by atoms with Crippen molar-refractivity contribution in [3.63, 3.8) is 0 Å². The van der Waals surface area contributed by atoms with E-state index in [9.17, 15) is 34.5 Å². The average Bonchev–Trinajstić information content (AvgIpc) is 2.94. The van der Waals surface area contributed by atoms with Crippen molar-refractivity contribution in [1.82, 2.24) is 4.57 Å². The molecule has 43 heavy (non-hydrogen) atoms. The Morgan fingerprint density at radius 1 is 0.860 bits per heavy atom. The van der Waals surface area contributed by atoms with Gasteiger partial charge in [-0.2, -0.15) is 10.5 Å². The Kier molecular flexibility index (Phi) is 10.5. The van der Waals surface area contributed by atoms with Gasteiger partial charge in [0, 0.05) is 33.3 Å². The third-order valence-corrected chi connectivity index (χ3v) is 6.65. The van der Waals surface area contributed by atoms with E-state index in [1.165, 1.54) is 7.11 Å². The van der Waals surface area contributed by atoms with Crippen LogP contribution < -0.4 is 10.3 Å². The van der Waals surface area contributed by atoms with Crippen LogP contribution in [0.2, 0.25) is 0 Å². The minimum Gasteiger partial charge on any atom is -0.497 e. The van der Waals surface area contributed by atoms with Crippen LogP contribution in [0.25, 0.3) is 11.1 Å². The Balaban J connectivity index is 2.35. The van der Waals surface area contributed by atoms with E-state index in [2.05, 4.69) is 12.6 Å². The van der Waals surface area contributed by atoms with Gasteiger partial charge in [0.1, 0.15) is 36.2 Å². The lowest BCUT2D eigenvalue weighted by Crippen LogP contribution is -2.61. The normalized spacial score (nSPS) is 21.0. The summed E-state index contributed by atoms with van der Waals surface area (Å²) in [6.07, 6.45) is -7.85. The van der Waals surface area contributed by atoms with Gasteiger partial charge in [-0.25, -0.2) is 0 Å². The van der Waals surface area contributed by atoms with Crippen LogP contribution in [-0.2, 0) is 42.9 Å². The summed E-state index contributed by atoms with van der Waals surface area (Å²) in [7, 11) is 1.46. The molecular weight excluding hydrogens is 586 g/mol. The molecule has 14 nitrogen and oxygen atoms in total. The van der Waals surface area contributed by atoms with Crippen molar-refractivity contribution in [2.75, 3.05) is 13.7 Å². The van der Waals surface area contributed by atoms with Crippen LogP contribution in [0.4, 0.5) is 0 Å². The number of aromatic nitrogens is 1. The fraction of sp³-hybridized carbons (Fsp3) is 0.393. The Morgan fingerprint density at radius 2 is 1.40 bits per heavy atom. The van der Waals surface area contributed by atoms with Gasteiger partial charge in [-0.15, -0.1) is 12.6 Å². The molecule has 1 aliphatic heterocycles. The molecule has 1 aromatic heterocycles. The minimum absolute atomic E-state index is 0.0236. The first-order chi connectivity index (χ1) is 20.3. The van der Waals surface area contributed by atoms with Crippen LogP contribution in [0.5, 0.6) is 5.75 Å². The maximum Gasteiger partial charge on any atom is 0.303 e. The maximum atomic E-state index is 14.0. The molecule has 2 heterocycles. The number of methoxy groups -OCH3 is 1. The number of pyridine rings is 1. The molecule has 5 atom stereocenters. The van der Waals surface area contributed by atoms with Gasteiger partial charge in [-0.05, 0) is 17.7 Å². The number of thiol groups is 1. The summed E-state index contributed by atoms with van der Waals surface area (Å²) in [5, 5.41) is 19.9. The summed E-state index contributed by atoms with van der Waals surface area (Å²) in [5.41, 5.74) is -1.39. The van der Waals surface area contributed by atoms with Crippen molar-refractivity contribution in [2.45, 2.75) is 63.4 Å². The van der Waals surface area contributed by atoms with Gasteiger partial charge in [-0.1, -0.05) is 12.1 Å². The SMILES string of the molecule is COc1ccc(-c2c(C#N)c(S)n([C@@H]3O[C@@H](COC(C)=O)[C@@H](OC(C)=O)[C@H](OC(C)=O)[C@@H]3OC(C)=O)c(=O)c2C#N)cc1. The quantitative estimate of drug-likeness (QED) is 0.258. The second kappa shape index (κ2) is 13.9. The molecule has 1 aromatic carbocycles. The topological polar surface area (TPSA) is 193 Å². The number of benzene rings is 1. The molecule has 0 N–H and O–H groups in total. The molecular formula is C28H27N3O11S. The molecule has 3 rings (SSSR count). The van der Waals surface area contributed by atoms with Crippen molar-refractivity contribution in [3.8, 4) is 29.0 Å². The number of rotatable bonds is 8. The number of hydrogen-bond acceptors (Lipinski definition) is 14. The molecule has 0 aliphatic carbocycles. The first-order valence-electron chi connectivity index (χ1n) is 12.6. The third-order valence-electron chi connectivity index (χ3n) is 6.21. The summed E-state index contributed by atoms with van der Waals surface area (Å²) >= 11 is 4.45. The van der Waals surface area contributed by atoms with Gasteiger partial charge in [0.15, 0.2) is 24.5 Å². The zero-order valence-corrected chi connectivity index (χ0v) is 24.6. The molecule has 0 radical (unpaired) electrons. The predicted octanol–water partition coefficient (Wildman–Crippen LogP) is 1.81. The number of esters is 4. The Bertz CT molecular complexity index is 1570. The lowest BCUT2D eigenvalue weighted by atomic mass is 9.95. The highest BCUT2D eigenvalue weighted by Crippen LogP contribution is 2.38. The van der Waals surface area contributed by atoms with Gasteiger partial charge in [-0.3, -0.25) is 28.5 Å². The summed E-state index contributed by atoms with van der Waals surface area (Å²) < 4.78 is 33.3. The molecule has 0 amide bonds. The van der Waals surface area contributed by atoms with Crippen LogP contribution in [-0.4, -0.2) is 66.6 Å². The molecule has 0 unspecified atom stereocenters. The fourth-order valence-corrected chi connectivity index (χ4v) is 4.95. The molecule has 1 saturated heterocycles. The van der Waals surface area contributed by atoms with E-state index in [1.807, 2.05) is 12.1 Å². The lowest BCUT2D eigenvalue weighted by molar-refractivity contribution is -0.270. The van der Waals surface area contributed by atoms with Crippen molar-refractivity contribution in [3.05, 3.63) is 45.7 Å². The molecule has 0 bridgehead atoms. The zero-order valence-electron chi connectivity index (χ0n) is 23.7. The molecule has 226 valence electrons. The second-order valence-electron chi connectivity index (χ2n) is 9.17. The largest absolute Gasteiger partial charge is 0.497 e. The molecule has 1 aliphatic rings. The monoisotopic (exact) mass is 613 g/mol. The second-order valence-corrected chi connectivity index (χ2v) is 9.59. The van der Waals surface area contributed by atoms with Crippen molar-refractivity contribution < 1.29 is 47.6 Å². The van der Waals surface area contributed by atoms with E-state index >= 15 is 0 Å². The summed E-state index contributed by atoms with van der Waals surface area (Å²) in [6.45, 7) is 3.70. The Hall–Kier alpha value is -4.86. The van der Waals surface area contributed by atoms with Crippen LogP contribution in [0.1, 0.15) is 45.0 Å². The van der Waals surface area contributed by atoms with E-state index in [1.54, 1.807) is 24.3 Å². The fourth-order valence-electron chi connectivity index (χ4n) is 4.59. The number of carbonyl (C=O) groups is 4. The molecule has 2 aromatic rings. The van der Waals surface area contributed by atoms with Gasteiger partial charge >= 0.3 is 23.9 Å². The van der Waals surface area contributed by atoms with Crippen LogP contribution >= 0.6 is 12.6 Å². The number of hydrogen-bond donors (Lipinski definition) is 1. The smallest absolute Gasteiger partial charge is 0.303 e. The predicted molar refractivity (Wildman–Crippen MR) is 147 cm³/mol. The Labute approximate surface area is 251 Å². The van der Waals surface area contributed by atoms with E-state index in [-0.39, 0.29) is 16.2 Å². The highest BCUT2D eigenvalue weighted by Gasteiger charge is 2.53. The molecule has 0 saturated carbocycles. The number of nitriles is 2. The molecule has 0 spiro atoms. The summed E-state index contributed by atoms with van der Waals surface area (Å²) in [4.78, 5) is 62.0. The average molecular weight is 614 g/mol. The van der Waals surface area contributed by atoms with Crippen LogP contribution in [0.15, 0.2) is 34.1 Å². The lowest BCUT2D eigenvalue weighted by Gasteiger charge is -2.45. The van der Waals surface area contributed by atoms with Gasteiger partial charge in [0.2, 0.25) is 0 Å². The highest BCUT2D eigenvalue weighted by molar-refractivity contribution is 7.80. The number of ether oxygens (including phenoxy) is 6. The summed E-state index contributed by atoms with van der Waals surface area (Å²) in [5.74, 6) is -2.87. The maximum absolute atomic E-state index is 14.0. The first kappa shape index (κ1) is 32.7. The number of nitrogens with zero attached hydrogens (tertiary/aromatic N) is 3. The van der Waals surface area contributed by atoms with Crippen LogP contribution in [0.3, 0.4) is 0 Å². The van der Waals surface area contributed by atoms with E-state index < -0.39 is 72.3 Å². The standard InChI is InChI=1S/C28H27N3O11S/c1-13(32)38-12-21-23(39-14(2)33)24(40-15(3)34)25(41-16(4)35)27(42-21)31-26(36)19(10-29)22(20(11-30)28(31)43)17-6-8-18(37-5)9-7-17/h6-9,21,23-25,27,43H,12H2,1-5H3/t21-,23+,24-,25-,27+/m0/s1. The van der Waals surface area contributed by atoms with Gasteiger partial charge in [0.05, 0.1) is 17.7 Å². The van der Waals surface area contributed by atoms with Crippen LogP contribution in [0, 0.1) is 22.7 Å². The first-order valence-corrected chi connectivity index (χ1v) is 13.1. The number of carbonyl (C=O) groups excluding carboxylic acids is 4. The third kappa shape index (κ3) is 7.14. The van der Waals surface area contributed by atoms with Gasteiger partial charge in [0.25, 0.3) is 5.56 Å². The van der Waals surface area contributed by atoms with Crippen molar-refractivity contribution >= 4 is 36.5 Å². The van der Waals surface area contributed by atoms with Crippen molar-refractivity contribution in [2.24, 2.45) is 0 Å².